The van der Waals surface area contributed by atoms with Crippen LogP contribution in [0.25, 0.3) is 0 Å². The third-order valence-electron chi connectivity index (χ3n) is 7.52. The fourth-order valence-electron chi connectivity index (χ4n) is 5.21. The van der Waals surface area contributed by atoms with Crippen molar-refractivity contribution in [3.63, 3.8) is 0 Å². The number of aliphatic hydroxyl groups excluding tert-OH is 2. The molecule has 7 nitrogen and oxygen atoms in total. The second-order valence-electron chi connectivity index (χ2n) is 10.8. The minimum Gasteiger partial charge on any atom is -0.392 e. The fraction of sp³-hybridized carbons (Fsp3) is 0.485. The van der Waals surface area contributed by atoms with E-state index >= 15 is 0 Å². The molecule has 2 amide bonds. The topological polar surface area (TPSA) is 116 Å². The number of anilines is 2. The Morgan fingerprint density at radius 2 is 1.60 bits per heavy atom. The van der Waals surface area contributed by atoms with Gasteiger partial charge in [-0.15, -0.1) is 0 Å². The molecular weight excluding hydrogens is 504 g/mol. The molecule has 0 aliphatic heterocycles. The lowest BCUT2D eigenvalue weighted by atomic mass is 9.88. The number of rotatable bonds is 16. The molecule has 0 bridgehead atoms. The highest BCUT2D eigenvalue weighted by atomic mass is 16.3. The maximum absolute atomic E-state index is 12.4. The van der Waals surface area contributed by atoms with Gasteiger partial charge in [-0.25, -0.2) is 0 Å². The van der Waals surface area contributed by atoms with E-state index in [9.17, 15) is 24.6 Å². The van der Waals surface area contributed by atoms with E-state index in [1.54, 1.807) is 42.5 Å². The van der Waals surface area contributed by atoms with Crippen LogP contribution in [0, 0.1) is 11.8 Å². The number of unbranched alkanes of at least 4 members (excludes halogenated alkanes) is 5. The number of ketones is 1. The van der Waals surface area contributed by atoms with Crippen LogP contribution in [0.1, 0.15) is 87.9 Å². The predicted octanol–water partition coefficient (Wildman–Crippen LogP) is 6.28. The van der Waals surface area contributed by atoms with E-state index in [-0.39, 0.29) is 35.9 Å². The van der Waals surface area contributed by atoms with Gasteiger partial charge < -0.3 is 20.8 Å². The predicted molar refractivity (Wildman–Crippen MR) is 159 cm³/mol. The monoisotopic (exact) mass is 548 g/mol. The van der Waals surface area contributed by atoms with Crippen molar-refractivity contribution in [1.82, 2.24) is 0 Å². The molecule has 1 aliphatic rings. The van der Waals surface area contributed by atoms with Crippen LogP contribution in [-0.4, -0.2) is 40.0 Å². The molecule has 7 heteroatoms. The van der Waals surface area contributed by atoms with Crippen molar-refractivity contribution in [1.29, 1.82) is 0 Å². The summed E-state index contributed by atoms with van der Waals surface area (Å²) in [6.07, 6.45) is 11.0. The number of nitrogens with one attached hydrogen (secondary N) is 2. The van der Waals surface area contributed by atoms with Gasteiger partial charge in [0.25, 0.3) is 5.91 Å². The maximum atomic E-state index is 12.4. The molecule has 3 rings (SSSR count). The van der Waals surface area contributed by atoms with Gasteiger partial charge in [-0.2, -0.15) is 0 Å². The van der Waals surface area contributed by atoms with E-state index in [0.29, 0.717) is 29.8 Å². The highest BCUT2D eigenvalue weighted by Crippen LogP contribution is 2.34. The molecule has 216 valence electrons. The average Bonchev–Trinajstić information content (AvgIpc) is 3.22. The molecule has 1 saturated carbocycles. The maximum Gasteiger partial charge on any atom is 0.255 e. The van der Waals surface area contributed by atoms with Crippen molar-refractivity contribution in [2.24, 2.45) is 11.8 Å². The Bertz CT molecular complexity index is 1100. The molecule has 2 aromatic rings. The van der Waals surface area contributed by atoms with E-state index in [1.807, 2.05) is 24.3 Å². The second-order valence-corrected chi connectivity index (χ2v) is 10.8. The van der Waals surface area contributed by atoms with Gasteiger partial charge in [0.15, 0.2) is 0 Å². The molecule has 0 spiro atoms. The fourth-order valence-corrected chi connectivity index (χ4v) is 5.21. The lowest BCUT2D eigenvalue weighted by Crippen LogP contribution is -2.19. The Balaban J connectivity index is 1.32. The summed E-state index contributed by atoms with van der Waals surface area (Å²) in [5.74, 6) is -0.560. The van der Waals surface area contributed by atoms with Crippen molar-refractivity contribution in [2.45, 2.75) is 89.8 Å². The third-order valence-corrected chi connectivity index (χ3v) is 7.52. The van der Waals surface area contributed by atoms with Gasteiger partial charge >= 0.3 is 0 Å². The van der Waals surface area contributed by atoms with Crippen molar-refractivity contribution >= 4 is 29.0 Å². The number of carbonyl (C=O) groups is 3. The molecule has 1 unspecified atom stereocenters. The Kier molecular flexibility index (Phi) is 13.1. The van der Waals surface area contributed by atoms with Gasteiger partial charge in [0.05, 0.1) is 12.2 Å². The zero-order valence-corrected chi connectivity index (χ0v) is 23.6. The van der Waals surface area contributed by atoms with E-state index < -0.39 is 12.2 Å². The average molecular weight is 549 g/mol. The third kappa shape index (κ3) is 10.4. The quantitative estimate of drug-likeness (QED) is 0.146. The summed E-state index contributed by atoms with van der Waals surface area (Å²) >= 11 is 0. The summed E-state index contributed by atoms with van der Waals surface area (Å²) in [6.45, 7) is 2.12. The highest BCUT2D eigenvalue weighted by Gasteiger charge is 2.39. The van der Waals surface area contributed by atoms with E-state index in [4.69, 9.17) is 0 Å². The number of hydrogen-bond acceptors (Lipinski definition) is 5. The smallest absolute Gasteiger partial charge is 0.255 e. The van der Waals surface area contributed by atoms with Gasteiger partial charge in [0.1, 0.15) is 5.78 Å². The van der Waals surface area contributed by atoms with Crippen LogP contribution in [0.5, 0.6) is 0 Å². The zero-order valence-electron chi connectivity index (χ0n) is 23.6. The molecule has 0 heterocycles. The Hall–Kier alpha value is -3.29. The highest BCUT2D eigenvalue weighted by molar-refractivity contribution is 6.04. The van der Waals surface area contributed by atoms with Gasteiger partial charge in [0, 0.05) is 41.6 Å². The zero-order chi connectivity index (χ0) is 28.7. The molecule has 4 N–H and O–H groups in total. The Morgan fingerprint density at radius 1 is 0.925 bits per heavy atom. The first-order chi connectivity index (χ1) is 19.4. The van der Waals surface area contributed by atoms with Gasteiger partial charge in [-0.3, -0.25) is 14.4 Å². The minimum atomic E-state index is -0.672. The molecule has 1 aliphatic carbocycles. The number of benzene rings is 2. The second kappa shape index (κ2) is 16.7. The molecule has 1 fully saturated rings. The standard InChI is InChI=1S/C33H44N2O5/c1-2-3-7-14-27(36)21-22-29-28(30(37)23-31(29)38)15-10-4-5-11-16-32(39)34-25-17-19-26(20-18-25)35-33(40)24-12-8-6-9-13-24/h6,8-9,12-13,17-22,27-29,31,36,38H,2-5,7,10-11,14-16,23H2,1H3,(H,34,39)(H,35,40)/b22-21+/t27?,28-,29-,31-/m1/s1. The van der Waals surface area contributed by atoms with Gasteiger partial charge in [0.2, 0.25) is 5.91 Å². The summed E-state index contributed by atoms with van der Waals surface area (Å²) in [5.41, 5.74) is 1.91. The van der Waals surface area contributed by atoms with Gasteiger partial charge in [-0.1, -0.05) is 75.8 Å². The van der Waals surface area contributed by atoms with Crippen molar-refractivity contribution in [3.05, 3.63) is 72.3 Å². The van der Waals surface area contributed by atoms with Crippen molar-refractivity contribution in [3.8, 4) is 0 Å². The van der Waals surface area contributed by atoms with Gasteiger partial charge in [-0.05, 0) is 55.7 Å². The minimum absolute atomic E-state index is 0.0575. The van der Waals surface area contributed by atoms with Crippen LogP contribution in [0.4, 0.5) is 11.4 Å². The largest absolute Gasteiger partial charge is 0.392 e. The molecule has 0 aromatic heterocycles. The van der Waals surface area contributed by atoms with Crippen molar-refractivity contribution in [2.75, 3.05) is 10.6 Å². The molecule has 0 saturated heterocycles. The first kappa shape index (κ1) is 31.2. The number of Topliss-reactive ketones (excluding diaryl/α,β-unsaturated/α-hetero) is 1. The van der Waals surface area contributed by atoms with Crippen molar-refractivity contribution < 1.29 is 24.6 Å². The van der Waals surface area contributed by atoms with E-state index in [2.05, 4.69) is 17.6 Å². The van der Waals surface area contributed by atoms with Crippen LogP contribution in [0.3, 0.4) is 0 Å². The summed E-state index contributed by atoms with van der Waals surface area (Å²) in [6, 6.07) is 16.0. The molecule has 0 radical (unpaired) electrons. The molecule has 40 heavy (non-hydrogen) atoms. The number of amides is 2. The van der Waals surface area contributed by atoms with Crippen LogP contribution < -0.4 is 10.6 Å². The molecular formula is C33H44N2O5. The summed E-state index contributed by atoms with van der Waals surface area (Å²) < 4.78 is 0. The van der Waals surface area contributed by atoms with E-state index in [0.717, 1.165) is 51.4 Å². The summed E-state index contributed by atoms with van der Waals surface area (Å²) in [5, 5.41) is 26.3. The molecule has 4 atom stereocenters. The SMILES string of the molecule is CCCCCC(O)/C=C/[C@H]1[C@H](O)CC(=O)[C@@H]1CCCCCCC(=O)Nc1ccc(NC(=O)c2ccccc2)cc1. The first-order valence-corrected chi connectivity index (χ1v) is 14.7. The Labute approximate surface area is 238 Å². The lowest BCUT2D eigenvalue weighted by molar-refractivity contribution is -0.121. The molecule has 2 aromatic carbocycles. The summed E-state index contributed by atoms with van der Waals surface area (Å²) in [4.78, 5) is 37.1. The number of hydrogen-bond donors (Lipinski definition) is 4. The van der Waals surface area contributed by atoms with Crippen LogP contribution in [-0.2, 0) is 9.59 Å². The first-order valence-electron chi connectivity index (χ1n) is 14.7. The summed E-state index contributed by atoms with van der Waals surface area (Å²) in [7, 11) is 0. The lowest BCUT2D eigenvalue weighted by Gasteiger charge is -2.18. The normalized spacial score (nSPS) is 19.6. The van der Waals surface area contributed by atoms with Crippen LogP contribution in [0.2, 0.25) is 0 Å². The van der Waals surface area contributed by atoms with Crippen LogP contribution >= 0.6 is 0 Å². The number of aliphatic hydroxyl groups is 2. The number of carbonyl (C=O) groups excluding carboxylic acids is 3. The van der Waals surface area contributed by atoms with E-state index in [1.165, 1.54) is 0 Å². The Morgan fingerprint density at radius 3 is 2.30 bits per heavy atom. The van der Waals surface area contributed by atoms with Crippen LogP contribution in [0.15, 0.2) is 66.7 Å².